The molecule has 0 unspecified atom stereocenters. The molecule has 0 saturated carbocycles. The molecule has 3 aromatic rings. The number of rotatable bonds is 6. The molecule has 1 aliphatic heterocycles. The number of aryl methyl sites for hydroxylation is 1. The van der Waals surface area contributed by atoms with Crippen molar-refractivity contribution in [1.82, 2.24) is 14.5 Å². The summed E-state index contributed by atoms with van der Waals surface area (Å²) in [6.45, 7) is 2.79. The number of halogens is 1. The summed E-state index contributed by atoms with van der Waals surface area (Å²) >= 11 is 1.18. The first-order chi connectivity index (χ1) is 15.4. The van der Waals surface area contributed by atoms with Crippen LogP contribution in [0.1, 0.15) is 46.1 Å². The number of aromatic nitrogens is 2. The van der Waals surface area contributed by atoms with Crippen molar-refractivity contribution in [3.05, 3.63) is 69.9 Å². The van der Waals surface area contributed by atoms with Crippen LogP contribution in [0.3, 0.4) is 0 Å². The minimum absolute atomic E-state index is 0.0390. The largest absolute Gasteiger partial charge is 0.320 e. The molecule has 0 atom stereocenters. The lowest BCUT2D eigenvalue weighted by molar-refractivity contribution is 0.102. The molecule has 1 saturated heterocycles. The van der Waals surface area contributed by atoms with Gasteiger partial charge in [-0.2, -0.15) is 4.31 Å². The number of sulfonamides is 1. The first kappa shape index (κ1) is 22.5. The van der Waals surface area contributed by atoms with Gasteiger partial charge in [0, 0.05) is 24.7 Å². The van der Waals surface area contributed by atoms with Gasteiger partial charge in [-0.15, -0.1) is 10.2 Å². The molecule has 10 heteroatoms. The minimum Gasteiger partial charge on any atom is -0.320 e. The highest BCUT2D eigenvalue weighted by molar-refractivity contribution is 7.89. The molecule has 0 aliphatic carbocycles. The third-order valence-corrected chi connectivity index (χ3v) is 8.49. The third kappa shape index (κ3) is 4.87. The molecule has 1 aliphatic rings. The van der Waals surface area contributed by atoms with Gasteiger partial charge in [-0.25, -0.2) is 12.8 Å². The van der Waals surface area contributed by atoms with Crippen molar-refractivity contribution in [2.24, 2.45) is 0 Å². The van der Waals surface area contributed by atoms with Gasteiger partial charge in [-0.3, -0.25) is 4.79 Å². The lowest BCUT2D eigenvalue weighted by atomic mass is 9.99. The van der Waals surface area contributed by atoms with Gasteiger partial charge in [0.05, 0.1) is 4.90 Å². The number of nitrogens with zero attached hydrogens (tertiary/aromatic N) is 3. The average Bonchev–Trinajstić information content (AvgIpc) is 3.30. The predicted molar refractivity (Wildman–Crippen MR) is 121 cm³/mol. The quantitative estimate of drug-likeness (QED) is 0.582. The highest BCUT2D eigenvalue weighted by Crippen LogP contribution is 2.32. The lowest BCUT2D eigenvalue weighted by Crippen LogP contribution is -2.37. The molecular weight excluding hydrogens is 451 g/mol. The number of amides is 1. The van der Waals surface area contributed by atoms with Crippen molar-refractivity contribution in [3.63, 3.8) is 0 Å². The van der Waals surface area contributed by atoms with Crippen molar-refractivity contribution in [2.45, 2.75) is 37.0 Å². The zero-order valence-corrected chi connectivity index (χ0v) is 19.1. The smallest absolute Gasteiger partial charge is 0.286 e. The van der Waals surface area contributed by atoms with Crippen molar-refractivity contribution in [1.29, 1.82) is 0 Å². The minimum atomic E-state index is -3.53. The Balaban J connectivity index is 1.38. The molecule has 1 N–H and O–H groups in total. The first-order valence-electron chi connectivity index (χ1n) is 10.4. The van der Waals surface area contributed by atoms with E-state index in [9.17, 15) is 17.6 Å². The van der Waals surface area contributed by atoms with Crippen LogP contribution in [0.15, 0.2) is 53.4 Å². The highest BCUT2D eigenvalue weighted by Gasteiger charge is 2.31. The zero-order chi connectivity index (χ0) is 22.7. The highest BCUT2D eigenvalue weighted by atomic mass is 32.2. The molecule has 4 rings (SSSR count). The third-order valence-electron chi connectivity index (χ3n) is 5.49. The zero-order valence-electron chi connectivity index (χ0n) is 17.5. The summed E-state index contributed by atoms with van der Waals surface area (Å²) < 4.78 is 40.7. The van der Waals surface area contributed by atoms with Gasteiger partial charge >= 0.3 is 0 Å². The summed E-state index contributed by atoms with van der Waals surface area (Å²) in [5, 5.41) is 11.6. The van der Waals surface area contributed by atoms with E-state index in [1.807, 2.05) is 19.1 Å². The normalized spacial score (nSPS) is 15.6. The van der Waals surface area contributed by atoms with Crippen molar-refractivity contribution in [3.8, 4) is 0 Å². The van der Waals surface area contributed by atoms with Crippen molar-refractivity contribution >= 4 is 33.0 Å². The van der Waals surface area contributed by atoms with E-state index in [0.29, 0.717) is 41.5 Å². The number of hydrogen-bond acceptors (Lipinski definition) is 6. The van der Waals surface area contributed by atoms with Crippen molar-refractivity contribution in [2.75, 3.05) is 18.4 Å². The summed E-state index contributed by atoms with van der Waals surface area (Å²) in [6, 6.07) is 12.6. The average molecular weight is 475 g/mol. The number of carbonyl (C=O) groups excluding carboxylic acids is 1. The number of anilines is 1. The second-order valence-corrected chi connectivity index (χ2v) is 10.5. The maximum absolute atomic E-state index is 13.3. The molecule has 1 fully saturated rings. The summed E-state index contributed by atoms with van der Waals surface area (Å²) in [7, 11) is -3.53. The Morgan fingerprint density at radius 2 is 1.88 bits per heavy atom. The van der Waals surface area contributed by atoms with Crippen LogP contribution in [0.5, 0.6) is 0 Å². The molecule has 1 aromatic heterocycles. The van der Waals surface area contributed by atoms with E-state index in [0.717, 1.165) is 12.0 Å². The Morgan fingerprint density at radius 3 is 2.53 bits per heavy atom. The Hall–Kier alpha value is -2.69. The van der Waals surface area contributed by atoms with Crippen molar-refractivity contribution < 1.29 is 17.6 Å². The van der Waals surface area contributed by atoms with Crippen LogP contribution in [0.25, 0.3) is 0 Å². The maximum atomic E-state index is 13.3. The monoisotopic (exact) mass is 474 g/mol. The molecule has 0 bridgehead atoms. The summed E-state index contributed by atoms with van der Waals surface area (Å²) in [5.74, 6) is -0.851. The molecule has 0 spiro atoms. The standard InChI is InChI=1S/C22H23FN4O3S2/c1-2-15-6-8-19(9-7-15)32(29,30)27-12-10-16(11-13-27)21-25-26-22(31-21)20(28)24-18-5-3-4-17(23)14-18/h3-9,14,16H,2,10-13H2,1H3,(H,24,28). The second-order valence-electron chi connectivity index (χ2n) is 7.59. The lowest BCUT2D eigenvalue weighted by Gasteiger charge is -2.30. The molecule has 32 heavy (non-hydrogen) atoms. The van der Waals surface area contributed by atoms with Gasteiger partial charge in [0.2, 0.25) is 15.0 Å². The van der Waals surface area contributed by atoms with Gasteiger partial charge in [-0.05, 0) is 55.2 Å². The number of benzene rings is 2. The SMILES string of the molecule is CCc1ccc(S(=O)(=O)N2CCC(c3nnc(C(=O)Nc4cccc(F)c4)s3)CC2)cc1. The molecule has 168 valence electrons. The summed E-state index contributed by atoms with van der Waals surface area (Å²) in [5.41, 5.74) is 1.44. The Morgan fingerprint density at radius 1 is 1.16 bits per heavy atom. The number of hydrogen-bond donors (Lipinski definition) is 1. The van der Waals surface area contributed by atoms with E-state index in [-0.39, 0.29) is 10.9 Å². The first-order valence-corrected chi connectivity index (χ1v) is 12.6. The van der Waals surface area contributed by atoms with Crippen LogP contribution in [0.4, 0.5) is 10.1 Å². The molecule has 2 heterocycles. The fourth-order valence-electron chi connectivity index (χ4n) is 3.63. The maximum Gasteiger partial charge on any atom is 0.286 e. The molecule has 0 radical (unpaired) electrons. The van der Waals surface area contributed by atoms with Crippen LogP contribution >= 0.6 is 11.3 Å². The summed E-state index contributed by atoms with van der Waals surface area (Å²) in [6.07, 6.45) is 2.06. The molecule has 2 aromatic carbocycles. The van der Waals surface area contributed by atoms with Crippen LogP contribution in [0.2, 0.25) is 0 Å². The van der Waals surface area contributed by atoms with Crippen LogP contribution in [-0.4, -0.2) is 41.9 Å². The van der Waals surface area contributed by atoms with Gasteiger partial charge in [-0.1, -0.05) is 36.5 Å². The van der Waals surface area contributed by atoms with E-state index < -0.39 is 21.7 Å². The van der Waals surface area contributed by atoms with E-state index in [1.165, 1.54) is 33.8 Å². The van der Waals surface area contributed by atoms with E-state index in [2.05, 4.69) is 15.5 Å². The Bertz CT molecular complexity index is 1200. The topological polar surface area (TPSA) is 92.3 Å². The van der Waals surface area contributed by atoms with Crippen LogP contribution in [-0.2, 0) is 16.4 Å². The number of nitrogens with one attached hydrogen (secondary N) is 1. The molecular formula is C22H23FN4O3S2. The van der Waals surface area contributed by atoms with Gasteiger partial charge in [0.25, 0.3) is 5.91 Å². The second kappa shape index (κ2) is 9.43. The van der Waals surface area contributed by atoms with E-state index in [4.69, 9.17) is 0 Å². The van der Waals surface area contributed by atoms with Gasteiger partial charge < -0.3 is 5.32 Å². The fraction of sp³-hybridized carbons (Fsp3) is 0.318. The summed E-state index contributed by atoms with van der Waals surface area (Å²) in [4.78, 5) is 12.7. The van der Waals surface area contributed by atoms with Gasteiger partial charge in [0.1, 0.15) is 10.8 Å². The number of carbonyl (C=O) groups is 1. The van der Waals surface area contributed by atoms with Crippen LogP contribution in [0, 0.1) is 5.82 Å². The molecule has 1 amide bonds. The van der Waals surface area contributed by atoms with Gasteiger partial charge in [0.15, 0.2) is 0 Å². The fourth-order valence-corrected chi connectivity index (χ4v) is 6.01. The Labute approximate surface area is 190 Å². The molecule has 7 nitrogen and oxygen atoms in total. The number of piperidine rings is 1. The predicted octanol–water partition coefficient (Wildman–Crippen LogP) is 4.06. The van der Waals surface area contributed by atoms with E-state index >= 15 is 0 Å². The van der Waals surface area contributed by atoms with E-state index in [1.54, 1.807) is 18.2 Å². The Kier molecular flexibility index (Phi) is 6.63. The van der Waals surface area contributed by atoms with Crippen LogP contribution < -0.4 is 5.32 Å².